The highest BCUT2D eigenvalue weighted by atomic mass is 16.7. The van der Waals surface area contributed by atoms with Crippen molar-refractivity contribution in [3.8, 4) is 0 Å². The fourth-order valence-electron chi connectivity index (χ4n) is 2.60. The molecule has 0 aromatic rings. The Kier molecular flexibility index (Phi) is 4.04. The van der Waals surface area contributed by atoms with Crippen LogP contribution in [0.1, 0.15) is 46.0 Å². The van der Waals surface area contributed by atoms with Crippen molar-refractivity contribution in [3.63, 3.8) is 0 Å². The Morgan fingerprint density at radius 2 is 1.81 bits per heavy atom. The topological polar surface area (TPSA) is 18.5 Å². The van der Waals surface area contributed by atoms with Gasteiger partial charge in [0.2, 0.25) is 0 Å². The molecule has 0 N–H and O–H groups in total. The van der Waals surface area contributed by atoms with Gasteiger partial charge in [0.1, 0.15) is 0 Å². The number of ether oxygens (including phenoxy) is 2. The standard InChI is InChI=1S/C14H24O2/c1-3-14(4-2)10-15-13(16-11-14)12-8-6-5-7-9-12/h5-6,12-13H,3-4,7-11H2,1-2H3. The molecule has 2 nitrogen and oxygen atoms in total. The van der Waals surface area contributed by atoms with Crippen LogP contribution in [0.3, 0.4) is 0 Å². The lowest BCUT2D eigenvalue weighted by Crippen LogP contribution is -2.44. The maximum atomic E-state index is 5.96. The quantitative estimate of drug-likeness (QED) is 0.683. The number of rotatable bonds is 3. The fraction of sp³-hybridized carbons (Fsp3) is 0.857. The lowest BCUT2D eigenvalue weighted by Gasteiger charge is -2.41. The van der Waals surface area contributed by atoms with Crippen LogP contribution in [0.5, 0.6) is 0 Å². The molecule has 0 aromatic carbocycles. The Morgan fingerprint density at radius 1 is 1.12 bits per heavy atom. The monoisotopic (exact) mass is 224 g/mol. The summed E-state index contributed by atoms with van der Waals surface area (Å²) in [5.41, 5.74) is 0.279. The van der Waals surface area contributed by atoms with E-state index in [4.69, 9.17) is 9.47 Å². The molecule has 2 heteroatoms. The van der Waals surface area contributed by atoms with Crippen molar-refractivity contribution in [2.75, 3.05) is 13.2 Å². The lowest BCUT2D eigenvalue weighted by molar-refractivity contribution is -0.252. The summed E-state index contributed by atoms with van der Waals surface area (Å²) in [6.07, 6.45) is 10.4. The first-order valence-electron chi connectivity index (χ1n) is 6.68. The van der Waals surface area contributed by atoms with Crippen LogP contribution >= 0.6 is 0 Å². The van der Waals surface area contributed by atoms with Crippen molar-refractivity contribution in [2.45, 2.75) is 52.2 Å². The van der Waals surface area contributed by atoms with Gasteiger partial charge in [0.05, 0.1) is 13.2 Å². The van der Waals surface area contributed by atoms with E-state index in [0.29, 0.717) is 5.92 Å². The van der Waals surface area contributed by atoms with Crippen LogP contribution in [-0.4, -0.2) is 19.5 Å². The van der Waals surface area contributed by atoms with Crippen LogP contribution in [0.15, 0.2) is 12.2 Å². The van der Waals surface area contributed by atoms with E-state index < -0.39 is 0 Å². The minimum Gasteiger partial charge on any atom is -0.352 e. The highest BCUT2D eigenvalue weighted by molar-refractivity contribution is 4.92. The van der Waals surface area contributed by atoms with Gasteiger partial charge in [-0.15, -0.1) is 0 Å². The fourth-order valence-corrected chi connectivity index (χ4v) is 2.60. The number of hydrogen-bond acceptors (Lipinski definition) is 2. The van der Waals surface area contributed by atoms with E-state index in [9.17, 15) is 0 Å². The molecule has 0 bridgehead atoms. The van der Waals surface area contributed by atoms with Gasteiger partial charge >= 0.3 is 0 Å². The molecule has 16 heavy (non-hydrogen) atoms. The van der Waals surface area contributed by atoms with E-state index in [1.807, 2.05) is 0 Å². The SMILES string of the molecule is CCC1(CC)COC(C2CC=CCC2)OC1. The second-order valence-electron chi connectivity index (χ2n) is 5.24. The summed E-state index contributed by atoms with van der Waals surface area (Å²) in [6, 6.07) is 0. The second kappa shape index (κ2) is 5.33. The van der Waals surface area contributed by atoms with Crippen molar-refractivity contribution in [2.24, 2.45) is 11.3 Å². The van der Waals surface area contributed by atoms with E-state index in [0.717, 1.165) is 32.5 Å². The summed E-state index contributed by atoms with van der Waals surface area (Å²) in [4.78, 5) is 0. The van der Waals surface area contributed by atoms with Gasteiger partial charge in [-0.3, -0.25) is 0 Å². The molecule has 0 aromatic heterocycles. The summed E-state index contributed by atoms with van der Waals surface area (Å²) >= 11 is 0. The van der Waals surface area contributed by atoms with Gasteiger partial charge in [0, 0.05) is 11.3 Å². The highest BCUT2D eigenvalue weighted by Crippen LogP contribution is 2.35. The normalized spacial score (nSPS) is 30.5. The maximum Gasteiger partial charge on any atom is 0.160 e. The van der Waals surface area contributed by atoms with E-state index in [-0.39, 0.29) is 11.7 Å². The summed E-state index contributed by atoms with van der Waals surface area (Å²) in [5, 5.41) is 0. The second-order valence-corrected chi connectivity index (χ2v) is 5.24. The molecule has 1 fully saturated rings. The molecule has 1 saturated heterocycles. The van der Waals surface area contributed by atoms with Gasteiger partial charge in [0.15, 0.2) is 6.29 Å². The third-order valence-corrected chi connectivity index (χ3v) is 4.30. The predicted octanol–water partition coefficient (Wildman–Crippen LogP) is 3.52. The van der Waals surface area contributed by atoms with Gasteiger partial charge in [-0.1, -0.05) is 26.0 Å². The molecular weight excluding hydrogens is 200 g/mol. The summed E-state index contributed by atoms with van der Waals surface area (Å²) < 4.78 is 11.9. The molecule has 1 unspecified atom stereocenters. The Balaban J connectivity index is 1.86. The van der Waals surface area contributed by atoms with Crippen molar-refractivity contribution in [1.29, 1.82) is 0 Å². The Bertz CT molecular complexity index is 233. The Morgan fingerprint density at radius 3 is 2.31 bits per heavy atom. The summed E-state index contributed by atoms with van der Waals surface area (Å²) in [5.74, 6) is 0.580. The smallest absolute Gasteiger partial charge is 0.160 e. The molecule has 1 aliphatic carbocycles. The molecule has 0 amide bonds. The molecular formula is C14H24O2. The zero-order valence-corrected chi connectivity index (χ0v) is 10.6. The van der Waals surface area contributed by atoms with Gasteiger partial charge < -0.3 is 9.47 Å². The first-order chi connectivity index (χ1) is 7.79. The van der Waals surface area contributed by atoms with Crippen LogP contribution in [0, 0.1) is 11.3 Å². The van der Waals surface area contributed by atoms with Crippen LogP contribution in [0.2, 0.25) is 0 Å². The average Bonchev–Trinajstić information content (AvgIpc) is 2.40. The lowest BCUT2D eigenvalue weighted by atomic mass is 9.83. The van der Waals surface area contributed by atoms with E-state index in [1.165, 1.54) is 12.8 Å². The zero-order valence-electron chi connectivity index (χ0n) is 10.6. The average molecular weight is 224 g/mol. The summed E-state index contributed by atoms with van der Waals surface area (Å²) in [6.45, 7) is 6.23. The first kappa shape index (κ1) is 12.1. The minimum atomic E-state index is 0.0520. The first-order valence-corrected chi connectivity index (χ1v) is 6.68. The van der Waals surface area contributed by atoms with E-state index in [1.54, 1.807) is 0 Å². The Hall–Kier alpha value is -0.340. The van der Waals surface area contributed by atoms with E-state index in [2.05, 4.69) is 26.0 Å². The van der Waals surface area contributed by atoms with Crippen LogP contribution in [0.25, 0.3) is 0 Å². The van der Waals surface area contributed by atoms with Crippen molar-refractivity contribution < 1.29 is 9.47 Å². The summed E-state index contributed by atoms with van der Waals surface area (Å²) in [7, 11) is 0. The molecule has 1 aliphatic heterocycles. The molecule has 2 rings (SSSR count). The van der Waals surface area contributed by atoms with E-state index >= 15 is 0 Å². The van der Waals surface area contributed by atoms with Gasteiger partial charge in [-0.2, -0.15) is 0 Å². The molecule has 0 spiro atoms. The van der Waals surface area contributed by atoms with Crippen LogP contribution in [0.4, 0.5) is 0 Å². The number of allylic oxidation sites excluding steroid dienone is 2. The zero-order chi connectivity index (χ0) is 11.4. The van der Waals surface area contributed by atoms with Crippen LogP contribution < -0.4 is 0 Å². The molecule has 0 saturated carbocycles. The molecule has 1 heterocycles. The van der Waals surface area contributed by atoms with Crippen molar-refractivity contribution >= 4 is 0 Å². The van der Waals surface area contributed by atoms with Gasteiger partial charge in [-0.25, -0.2) is 0 Å². The van der Waals surface area contributed by atoms with Gasteiger partial charge in [-0.05, 0) is 32.1 Å². The van der Waals surface area contributed by atoms with Crippen molar-refractivity contribution in [1.82, 2.24) is 0 Å². The third-order valence-electron chi connectivity index (χ3n) is 4.30. The van der Waals surface area contributed by atoms with Crippen LogP contribution in [-0.2, 0) is 9.47 Å². The largest absolute Gasteiger partial charge is 0.352 e. The maximum absolute atomic E-state index is 5.96. The predicted molar refractivity (Wildman–Crippen MR) is 65.2 cm³/mol. The molecule has 2 aliphatic rings. The van der Waals surface area contributed by atoms with Gasteiger partial charge in [0.25, 0.3) is 0 Å². The van der Waals surface area contributed by atoms with Crippen molar-refractivity contribution in [3.05, 3.63) is 12.2 Å². The number of hydrogen-bond donors (Lipinski definition) is 0. The molecule has 1 atom stereocenters. The highest BCUT2D eigenvalue weighted by Gasteiger charge is 2.36. The third kappa shape index (κ3) is 2.49. The minimum absolute atomic E-state index is 0.0520. The molecule has 0 radical (unpaired) electrons. The Labute approximate surface area is 99.0 Å². The molecule has 92 valence electrons.